The largest absolute Gasteiger partial charge is 0.494 e. The molecule has 1 atom stereocenters. The van der Waals surface area contributed by atoms with E-state index in [9.17, 15) is 4.39 Å². The van der Waals surface area contributed by atoms with Gasteiger partial charge in [-0.15, -0.1) is 0 Å². The fraction of sp³-hybridized carbons (Fsp3) is 0.200. The molecule has 94 valence electrons. The first-order chi connectivity index (χ1) is 8.70. The molecule has 2 nitrogen and oxygen atoms in total. The third-order valence-corrected chi connectivity index (χ3v) is 2.90. The lowest BCUT2D eigenvalue weighted by molar-refractivity contribution is 0.386. The molecule has 0 spiro atoms. The molecule has 0 aliphatic heterocycles. The Morgan fingerprint density at radius 1 is 1.17 bits per heavy atom. The second-order valence-electron chi connectivity index (χ2n) is 4.19. The molecule has 2 N–H and O–H groups in total. The van der Waals surface area contributed by atoms with Gasteiger partial charge in [-0.05, 0) is 29.7 Å². The number of halogens is 1. The Bertz CT molecular complexity index is 513. The lowest BCUT2D eigenvalue weighted by atomic mass is 10.00. The highest BCUT2D eigenvalue weighted by Gasteiger charge is 2.09. The van der Waals surface area contributed by atoms with Crippen molar-refractivity contribution in [3.8, 4) is 5.75 Å². The molecule has 2 aromatic carbocycles. The van der Waals surface area contributed by atoms with Gasteiger partial charge in [0.1, 0.15) is 0 Å². The molecule has 0 aliphatic rings. The predicted molar refractivity (Wildman–Crippen MR) is 70.0 cm³/mol. The molecule has 18 heavy (non-hydrogen) atoms. The quantitative estimate of drug-likeness (QED) is 0.898. The Labute approximate surface area is 106 Å². The minimum absolute atomic E-state index is 0.126. The van der Waals surface area contributed by atoms with Crippen molar-refractivity contribution in [2.75, 3.05) is 7.11 Å². The second kappa shape index (κ2) is 5.65. The van der Waals surface area contributed by atoms with Crippen molar-refractivity contribution in [3.05, 3.63) is 65.5 Å². The van der Waals surface area contributed by atoms with Crippen LogP contribution in [0.25, 0.3) is 0 Å². The molecule has 2 aromatic rings. The van der Waals surface area contributed by atoms with E-state index >= 15 is 0 Å². The van der Waals surface area contributed by atoms with Crippen molar-refractivity contribution in [1.82, 2.24) is 0 Å². The molecule has 0 heterocycles. The van der Waals surface area contributed by atoms with Crippen LogP contribution in [0.15, 0.2) is 48.5 Å². The lowest BCUT2D eigenvalue weighted by Crippen LogP contribution is -2.13. The third-order valence-electron chi connectivity index (χ3n) is 2.90. The molecule has 0 radical (unpaired) electrons. The number of rotatable bonds is 4. The number of nitrogens with two attached hydrogens (primary N) is 1. The van der Waals surface area contributed by atoms with E-state index in [1.165, 1.54) is 13.2 Å². The summed E-state index contributed by atoms with van der Waals surface area (Å²) in [6.45, 7) is 0. The molecule has 0 aliphatic carbocycles. The van der Waals surface area contributed by atoms with Crippen LogP contribution in [-0.2, 0) is 6.42 Å². The first-order valence-corrected chi connectivity index (χ1v) is 5.83. The highest BCUT2D eigenvalue weighted by Crippen LogP contribution is 2.21. The Morgan fingerprint density at radius 3 is 2.50 bits per heavy atom. The van der Waals surface area contributed by atoms with Crippen LogP contribution in [0.5, 0.6) is 5.75 Å². The zero-order chi connectivity index (χ0) is 13.0. The average molecular weight is 245 g/mol. The maximum absolute atomic E-state index is 13.5. The molecule has 0 amide bonds. The first kappa shape index (κ1) is 12.6. The summed E-state index contributed by atoms with van der Waals surface area (Å²) in [4.78, 5) is 0. The maximum Gasteiger partial charge on any atom is 0.165 e. The minimum Gasteiger partial charge on any atom is -0.494 e. The van der Waals surface area contributed by atoms with Gasteiger partial charge in [0.05, 0.1) is 7.11 Å². The average Bonchev–Trinajstić information content (AvgIpc) is 2.40. The number of methoxy groups -OCH3 is 1. The van der Waals surface area contributed by atoms with Crippen molar-refractivity contribution in [3.63, 3.8) is 0 Å². The van der Waals surface area contributed by atoms with Gasteiger partial charge in [-0.25, -0.2) is 4.39 Å². The highest BCUT2D eigenvalue weighted by molar-refractivity contribution is 5.31. The molecule has 0 bridgehead atoms. The SMILES string of the molecule is COc1ccc(CC(N)c2ccccc2)cc1F. The topological polar surface area (TPSA) is 35.2 Å². The normalized spacial score (nSPS) is 12.2. The van der Waals surface area contributed by atoms with Crippen LogP contribution < -0.4 is 10.5 Å². The Hall–Kier alpha value is -1.87. The smallest absolute Gasteiger partial charge is 0.165 e. The molecule has 1 unspecified atom stereocenters. The molecule has 0 saturated carbocycles. The number of benzene rings is 2. The molecule has 0 saturated heterocycles. The molecule has 3 heteroatoms. The highest BCUT2D eigenvalue weighted by atomic mass is 19.1. The van der Waals surface area contributed by atoms with Crippen molar-refractivity contribution < 1.29 is 9.13 Å². The van der Waals surface area contributed by atoms with Crippen molar-refractivity contribution in [2.45, 2.75) is 12.5 Å². The van der Waals surface area contributed by atoms with Crippen LogP contribution in [0.1, 0.15) is 17.2 Å². The minimum atomic E-state index is -0.352. The lowest BCUT2D eigenvalue weighted by Gasteiger charge is -2.12. The summed E-state index contributed by atoms with van der Waals surface area (Å²) >= 11 is 0. The van der Waals surface area contributed by atoms with E-state index < -0.39 is 0 Å². The monoisotopic (exact) mass is 245 g/mol. The van der Waals surface area contributed by atoms with E-state index in [4.69, 9.17) is 10.5 Å². The number of hydrogen-bond donors (Lipinski definition) is 1. The van der Waals surface area contributed by atoms with E-state index in [1.54, 1.807) is 6.07 Å². The molecular formula is C15H16FNO. The summed E-state index contributed by atoms with van der Waals surface area (Å²) in [5.74, 6) is -0.0951. The van der Waals surface area contributed by atoms with Gasteiger partial charge in [-0.1, -0.05) is 36.4 Å². The zero-order valence-electron chi connectivity index (χ0n) is 10.3. The van der Waals surface area contributed by atoms with E-state index in [2.05, 4.69) is 0 Å². The summed E-state index contributed by atoms with van der Waals surface area (Å²) in [5.41, 5.74) is 8.01. The molecule has 0 fully saturated rings. The van der Waals surface area contributed by atoms with Crippen molar-refractivity contribution >= 4 is 0 Å². The summed E-state index contributed by atoms with van der Waals surface area (Å²) in [5, 5.41) is 0. The fourth-order valence-electron chi connectivity index (χ4n) is 1.91. The van der Waals surface area contributed by atoms with E-state index in [-0.39, 0.29) is 17.6 Å². The van der Waals surface area contributed by atoms with E-state index in [1.807, 2.05) is 36.4 Å². The Kier molecular flexibility index (Phi) is 3.95. The first-order valence-electron chi connectivity index (χ1n) is 5.83. The van der Waals surface area contributed by atoms with Gasteiger partial charge in [-0.2, -0.15) is 0 Å². The van der Waals surface area contributed by atoms with Crippen LogP contribution >= 0.6 is 0 Å². The molecule has 2 rings (SSSR count). The summed E-state index contributed by atoms with van der Waals surface area (Å²) in [7, 11) is 1.45. The molecule has 0 aromatic heterocycles. The molecular weight excluding hydrogens is 229 g/mol. The van der Waals surface area contributed by atoms with Crippen LogP contribution in [0.3, 0.4) is 0 Å². The third kappa shape index (κ3) is 2.87. The van der Waals surface area contributed by atoms with Gasteiger partial charge >= 0.3 is 0 Å². The predicted octanol–water partition coefficient (Wildman–Crippen LogP) is 3.08. The van der Waals surface area contributed by atoms with Gasteiger partial charge in [0.25, 0.3) is 0 Å². The van der Waals surface area contributed by atoms with Gasteiger partial charge < -0.3 is 10.5 Å². The maximum atomic E-state index is 13.5. The van der Waals surface area contributed by atoms with Crippen molar-refractivity contribution in [2.24, 2.45) is 5.73 Å². The number of ether oxygens (including phenoxy) is 1. The van der Waals surface area contributed by atoms with Gasteiger partial charge in [-0.3, -0.25) is 0 Å². The van der Waals surface area contributed by atoms with E-state index in [0.717, 1.165) is 11.1 Å². The van der Waals surface area contributed by atoms with Crippen LogP contribution in [0, 0.1) is 5.82 Å². The summed E-state index contributed by atoms with van der Waals surface area (Å²) < 4.78 is 18.4. The summed E-state index contributed by atoms with van der Waals surface area (Å²) in [6, 6.07) is 14.6. The van der Waals surface area contributed by atoms with Gasteiger partial charge in [0.15, 0.2) is 11.6 Å². The van der Waals surface area contributed by atoms with Crippen LogP contribution in [0.4, 0.5) is 4.39 Å². The van der Waals surface area contributed by atoms with E-state index in [0.29, 0.717) is 6.42 Å². The Balaban J connectivity index is 2.12. The van der Waals surface area contributed by atoms with Crippen molar-refractivity contribution in [1.29, 1.82) is 0 Å². The fourth-order valence-corrected chi connectivity index (χ4v) is 1.91. The van der Waals surface area contributed by atoms with Crippen LogP contribution in [-0.4, -0.2) is 7.11 Å². The van der Waals surface area contributed by atoms with Gasteiger partial charge in [0, 0.05) is 6.04 Å². The number of hydrogen-bond acceptors (Lipinski definition) is 2. The van der Waals surface area contributed by atoms with Crippen LogP contribution in [0.2, 0.25) is 0 Å². The zero-order valence-corrected chi connectivity index (χ0v) is 10.3. The standard InChI is InChI=1S/C15H16FNO/c1-18-15-8-7-11(9-13(15)16)10-14(17)12-5-3-2-4-6-12/h2-9,14H,10,17H2,1H3. The summed E-state index contributed by atoms with van der Waals surface area (Å²) in [6.07, 6.45) is 0.602. The second-order valence-corrected chi connectivity index (χ2v) is 4.19. The Morgan fingerprint density at radius 2 is 1.89 bits per heavy atom. The van der Waals surface area contributed by atoms with Gasteiger partial charge in [0.2, 0.25) is 0 Å².